The minimum Gasteiger partial charge on any atom is -0.492 e. The van der Waals surface area contributed by atoms with E-state index >= 15 is 0 Å². The molecule has 0 heterocycles. The summed E-state index contributed by atoms with van der Waals surface area (Å²) in [4.78, 5) is 2.40. The van der Waals surface area contributed by atoms with E-state index in [2.05, 4.69) is 11.9 Å². The van der Waals surface area contributed by atoms with Crippen LogP contribution in [0.2, 0.25) is 0 Å². The monoisotopic (exact) mass is 276 g/mol. The van der Waals surface area contributed by atoms with Crippen molar-refractivity contribution in [2.45, 2.75) is 38.6 Å². The zero-order valence-corrected chi connectivity index (χ0v) is 12.7. The lowest BCUT2D eigenvalue weighted by atomic mass is 9.89. The van der Waals surface area contributed by atoms with Crippen molar-refractivity contribution in [3.05, 3.63) is 29.8 Å². The molecule has 112 valence electrons. The van der Waals surface area contributed by atoms with Crippen LogP contribution < -0.4 is 10.5 Å². The number of nitrogens with zero attached hydrogens (tertiary/aromatic N) is 1. The van der Waals surface area contributed by atoms with Gasteiger partial charge in [0, 0.05) is 25.2 Å². The van der Waals surface area contributed by atoms with Crippen molar-refractivity contribution in [2.75, 3.05) is 26.7 Å². The Morgan fingerprint density at radius 1 is 1.20 bits per heavy atom. The van der Waals surface area contributed by atoms with Crippen LogP contribution in [0.5, 0.6) is 5.75 Å². The lowest BCUT2D eigenvalue weighted by Crippen LogP contribution is -2.30. The molecule has 3 nitrogen and oxygen atoms in total. The highest BCUT2D eigenvalue weighted by Gasteiger charge is 2.15. The molecule has 3 heteroatoms. The van der Waals surface area contributed by atoms with Crippen molar-refractivity contribution in [3.63, 3.8) is 0 Å². The number of ether oxygens (including phenoxy) is 1. The molecule has 1 saturated carbocycles. The van der Waals surface area contributed by atoms with Crippen molar-refractivity contribution in [1.29, 1.82) is 0 Å². The number of hydrogen-bond donors (Lipinski definition) is 1. The first-order valence-electron chi connectivity index (χ1n) is 7.89. The van der Waals surface area contributed by atoms with Crippen LogP contribution in [0.1, 0.15) is 37.7 Å². The molecule has 0 bridgehead atoms. The Hall–Kier alpha value is -1.06. The highest BCUT2D eigenvalue weighted by atomic mass is 16.5. The Kier molecular flexibility index (Phi) is 6.34. The molecular weight excluding hydrogens is 248 g/mol. The van der Waals surface area contributed by atoms with Gasteiger partial charge in [0.05, 0.1) is 0 Å². The third-order valence-electron chi connectivity index (χ3n) is 4.22. The van der Waals surface area contributed by atoms with Crippen LogP contribution in [0.3, 0.4) is 0 Å². The number of nitrogens with two attached hydrogens (primary N) is 1. The zero-order valence-electron chi connectivity index (χ0n) is 12.7. The van der Waals surface area contributed by atoms with Crippen LogP contribution in [0.15, 0.2) is 24.3 Å². The van der Waals surface area contributed by atoms with Crippen LogP contribution in [0, 0.1) is 5.92 Å². The molecule has 1 aromatic carbocycles. The minimum atomic E-state index is 0.536. The minimum absolute atomic E-state index is 0.536. The van der Waals surface area contributed by atoms with Crippen LogP contribution in [0.4, 0.5) is 0 Å². The highest BCUT2D eigenvalue weighted by Crippen LogP contribution is 2.24. The van der Waals surface area contributed by atoms with E-state index in [1.165, 1.54) is 38.6 Å². The Morgan fingerprint density at radius 2 is 1.95 bits per heavy atom. The molecule has 1 aliphatic rings. The van der Waals surface area contributed by atoms with Crippen LogP contribution in [0.25, 0.3) is 0 Å². The van der Waals surface area contributed by atoms with Crippen molar-refractivity contribution in [1.82, 2.24) is 4.90 Å². The lowest BCUT2D eigenvalue weighted by Gasteiger charge is -2.27. The number of para-hydroxylation sites is 1. The second kappa shape index (κ2) is 8.28. The molecule has 1 aliphatic carbocycles. The summed E-state index contributed by atoms with van der Waals surface area (Å²) in [7, 11) is 2.20. The summed E-state index contributed by atoms with van der Waals surface area (Å²) in [6.45, 7) is 3.46. The molecule has 0 spiro atoms. The van der Waals surface area contributed by atoms with Gasteiger partial charge in [-0.3, -0.25) is 0 Å². The molecule has 1 fully saturated rings. The molecule has 1 aromatic rings. The van der Waals surface area contributed by atoms with Gasteiger partial charge in [-0.1, -0.05) is 37.5 Å². The van der Waals surface area contributed by atoms with Gasteiger partial charge in [0.25, 0.3) is 0 Å². The lowest BCUT2D eigenvalue weighted by molar-refractivity contribution is 0.195. The van der Waals surface area contributed by atoms with Gasteiger partial charge in [0.15, 0.2) is 0 Å². The summed E-state index contributed by atoms with van der Waals surface area (Å²) < 4.78 is 5.87. The second-order valence-electron chi connectivity index (χ2n) is 5.93. The fourth-order valence-corrected chi connectivity index (χ4v) is 3.03. The summed E-state index contributed by atoms with van der Waals surface area (Å²) in [6, 6.07) is 8.04. The molecule has 0 aliphatic heterocycles. The van der Waals surface area contributed by atoms with Crippen LogP contribution in [-0.4, -0.2) is 31.6 Å². The van der Waals surface area contributed by atoms with E-state index in [-0.39, 0.29) is 0 Å². The molecule has 0 aromatic heterocycles. The molecule has 0 unspecified atom stereocenters. The Bertz CT molecular complexity index is 388. The van der Waals surface area contributed by atoms with Crippen molar-refractivity contribution < 1.29 is 4.74 Å². The largest absolute Gasteiger partial charge is 0.492 e. The van der Waals surface area contributed by atoms with Crippen LogP contribution in [-0.2, 0) is 6.54 Å². The Balaban J connectivity index is 1.69. The SMILES string of the molecule is CN(CCOc1ccccc1CN)CC1CCCCC1. The standard InChI is InChI=1S/C17H28N2O/c1-19(14-15-7-3-2-4-8-15)11-12-20-17-10-6-5-9-16(17)13-18/h5-6,9-10,15H,2-4,7-8,11-14,18H2,1H3. The van der Waals surface area contributed by atoms with Gasteiger partial charge in [-0.2, -0.15) is 0 Å². The summed E-state index contributed by atoms with van der Waals surface area (Å²) in [5.41, 5.74) is 6.80. The van der Waals surface area contributed by atoms with Crippen molar-refractivity contribution in [3.8, 4) is 5.75 Å². The average Bonchev–Trinajstić information content (AvgIpc) is 2.49. The van der Waals surface area contributed by atoms with Crippen molar-refractivity contribution >= 4 is 0 Å². The Morgan fingerprint density at radius 3 is 2.70 bits per heavy atom. The molecular formula is C17H28N2O. The van der Waals surface area contributed by atoms with E-state index in [0.717, 1.165) is 30.4 Å². The van der Waals surface area contributed by atoms with E-state index in [4.69, 9.17) is 10.5 Å². The number of hydrogen-bond acceptors (Lipinski definition) is 3. The maximum Gasteiger partial charge on any atom is 0.123 e. The molecule has 0 amide bonds. The molecule has 0 radical (unpaired) electrons. The molecule has 20 heavy (non-hydrogen) atoms. The predicted molar refractivity (Wildman–Crippen MR) is 83.9 cm³/mol. The van der Waals surface area contributed by atoms with Gasteiger partial charge >= 0.3 is 0 Å². The second-order valence-corrected chi connectivity index (χ2v) is 5.93. The third kappa shape index (κ3) is 4.80. The van der Waals surface area contributed by atoms with Gasteiger partial charge in [0.1, 0.15) is 12.4 Å². The predicted octanol–water partition coefficient (Wildman–Crippen LogP) is 3.04. The van der Waals surface area contributed by atoms with Gasteiger partial charge in [-0.15, -0.1) is 0 Å². The normalized spacial score (nSPS) is 16.6. The number of benzene rings is 1. The molecule has 0 saturated heterocycles. The fraction of sp³-hybridized carbons (Fsp3) is 0.647. The molecule has 2 N–H and O–H groups in total. The first-order chi connectivity index (χ1) is 9.79. The highest BCUT2D eigenvalue weighted by molar-refractivity contribution is 5.32. The van der Waals surface area contributed by atoms with E-state index < -0.39 is 0 Å². The third-order valence-corrected chi connectivity index (χ3v) is 4.22. The van der Waals surface area contributed by atoms with Crippen molar-refractivity contribution in [2.24, 2.45) is 11.7 Å². The maximum atomic E-state index is 5.87. The quantitative estimate of drug-likeness (QED) is 0.832. The van der Waals surface area contributed by atoms with Gasteiger partial charge in [-0.05, 0) is 31.9 Å². The number of likely N-dealkylation sites (N-methyl/N-ethyl adjacent to an activating group) is 1. The summed E-state index contributed by atoms with van der Waals surface area (Å²) in [6.07, 6.45) is 7.07. The van der Waals surface area contributed by atoms with E-state index in [1.54, 1.807) is 0 Å². The summed E-state index contributed by atoms with van der Waals surface area (Å²) in [5, 5.41) is 0. The summed E-state index contributed by atoms with van der Waals surface area (Å²) in [5.74, 6) is 1.83. The van der Waals surface area contributed by atoms with Gasteiger partial charge in [-0.25, -0.2) is 0 Å². The van der Waals surface area contributed by atoms with Gasteiger partial charge < -0.3 is 15.4 Å². The number of rotatable bonds is 7. The average molecular weight is 276 g/mol. The first kappa shape index (κ1) is 15.3. The fourth-order valence-electron chi connectivity index (χ4n) is 3.03. The van der Waals surface area contributed by atoms with E-state index in [9.17, 15) is 0 Å². The van der Waals surface area contributed by atoms with Gasteiger partial charge in [0.2, 0.25) is 0 Å². The Labute approximate surface area is 123 Å². The topological polar surface area (TPSA) is 38.5 Å². The van der Waals surface area contributed by atoms with E-state index in [1.807, 2.05) is 24.3 Å². The first-order valence-corrected chi connectivity index (χ1v) is 7.89. The molecule has 2 rings (SSSR count). The van der Waals surface area contributed by atoms with Crippen LogP contribution >= 0.6 is 0 Å². The van der Waals surface area contributed by atoms with E-state index in [0.29, 0.717) is 6.54 Å². The molecule has 0 atom stereocenters. The smallest absolute Gasteiger partial charge is 0.123 e. The maximum absolute atomic E-state index is 5.87. The summed E-state index contributed by atoms with van der Waals surface area (Å²) >= 11 is 0. The zero-order chi connectivity index (χ0) is 14.2.